The van der Waals surface area contributed by atoms with Crippen LogP contribution in [0.2, 0.25) is 5.02 Å². The Bertz CT molecular complexity index is 493. The van der Waals surface area contributed by atoms with Gasteiger partial charge in [0.1, 0.15) is 0 Å². The topological polar surface area (TPSA) is 72.2 Å². The maximum atomic E-state index is 11.4. The summed E-state index contributed by atoms with van der Waals surface area (Å²) >= 11 is 5.81. The summed E-state index contributed by atoms with van der Waals surface area (Å²) in [5, 5.41) is 13.2. The Kier molecular flexibility index (Phi) is 4.23. The molecule has 6 heteroatoms. The van der Waals surface area contributed by atoms with Gasteiger partial charge in [0.2, 0.25) is 5.91 Å². The number of halogens is 1. The third-order valence-corrected chi connectivity index (χ3v) is 2.15. The first-order valence-electron chi connectivity index (χ1n) is 4.80. The quantitative estimate of drug-likeness (QED) is 0.512. The van der Waals surface area contributed by atoms with Gasteiger partial charge >= 0.3 is 0 Å². The summed E-state index contributed by atoms with van der Waals surface area (Å²) in [5.41, 5.74) is 1.08. The Morgan fingerprint density at radius 1 is 1.47 bits per heavy atom. The SMILES string of the molecule is CC(C)=CC(=O)Nc1ccc([N+](=O)[O-])cc1Cl. The number of hydrogen-bond acceptors (Lipinski definition) is 3. The lowest BCUT2D eigenvalue weighted by Crippen LogP contribution is -2.08. The zero-order valence-electron chi connectivity index (χ0n) is 9.36. The number of nitro groups is 1. The lowest BCUT2D eigenvalue weighted by molar-refractivity contribution is -0.384. The summed E-state index contributed by atoms with van der Waals surface area (Å²) in [4.78, 5) is 21.3. The molecule has 0 unspecified atom stereocenters. The predicted octanol–water partition coefficient (Wildman–Crippen LogP) is 3.15. The van der Waals surface area contributed by atoms with Crippen molar-refractivity contribution < 1.29 is 9.72 Å². The molecule has 0 atom stereocenters. The first-order valence-corrected chi connectivity index (χ1v) is 5.18. The molecule has 0 heterocycles. The Morgan fingerprint density at radius 2 is 2.12 bits per heavy atom. The van der Waals surface area contributed by atoms with E-state index in [-0.39, 0.29) is 16.6 Å². The van der Waals surface area contributed by atoms with Crippen molar-refractivity contribution in [2.24, 2.45) is 0 Å². The zero-order valence-corrected chi connectivity index (χ0v) is 10.1. The minimum absolute atomic E-state index is 0.116. The molecule has 0 radical (unpaired) electrons. The predicted molar refractivity (Wildman–Crippen MR) is 66.2 cm³/mol. The van der Waals surface area contributed by atoms with Crippen LogP contribution in [0.15, 0.2) is 29.8 Å². The fourth-order valence-corrected chi connectivity index (χ4v) is 1.37. The highest BCUT2D eigenvalue weighted by atomic mass is 35.5. The Labute approximate surface area is 103 Å². The first kappa shape index (κ1) is 13.2. The van der Waals surface area contributed by atoms with E-state index in [1.165, 1.54) is 24.3 Å². The van der Waals surface area contributed by atoms with Crippen LogP contribution in [-0.4, -0.2) is 10.8 Å². The van der Waals surface area contributed by atoms with Crippen LogP contribution in [0, 0.1) is 10.1 Å². The zero-order chi connectivity index (χ0) is 13.0. The van der Waals surface area contributed by atoms with Gasteiger partial charge in [0.15, 0.2) is 0 Å². The minimum Gasteiger partial charge on any atom is -0.321 e. The van der Waals surface area contributed by atoms with Gasteiger partial charge in [0.25, 0.3) is 5.69 Å². The normalized spacial score (nSPS) is 9.59. The van der Waals surface area contributed by atoms with Crippen LogP contribution in [-0.2, 0) is 4.79 Å². The van der Waals surface area contributed by atoms with Gasteiger partial charge in [-0.15, -0.1) is 0 Å². The van der Waals surface area contributed by atoms with Crippen LogP contribution < -0.4 is 5.32 Å². The molecule has 0 saturated carbocycles. The molecule has 0 fully saturated rings. The minimum atomic E-state index is -0.548. The number of rotatable bonds is 3. The summed E-state index contributed by atoms with van der Waals surface area (Å²) in [7, 11) is 0. The number of amides is 1. The van der Waals surface area contributed by atoms with E-state index in [0.717, 1.165) is 5.57 Å². The maximum absolute atomic E-state index is 11.4. The average molecular weight is 255 g/mol. The number of nitro benzene ring substituents is 1. The van der Waals surface area contributed by atoms with Crippen LogP contribution in [0.25, 0.3) is 0 Å². The van der Waals surface area contributed by atoms with Gasteiger partial charge in [0, 0.05) is 18.2 Å². The van der Waals surface area contributed by atoms with E-state index >= 15 is 0 Å². The Balaban J connectivity index is 2.90. The summed E-state index contributed by atoms with van der Waals surface area (Å²) in [6.45, 7) is 3.58. The molecule has 0 aliphatic heterocycles. The molecular weight excluding hydrogens is 244 g/mol. The van der Waals surface area contributed by atoms with Crippen LogP contribution in [0.4, 0.5) is 11.4 Å². The Morgan fingerprint density at radius 3 is 2.59 bits per heavy atom. The van der Waals surface area contributed by atoms with Gasteiger partial charge in [-0.25, -0.2) is 0 Å². The number of carbonyl (C=O) groups is 1. The monoisotopic (exact) mass is 254 g/mol. The van der Waals surface area contributed by atoms with Crippen molar-refractivity contribution in [3.8, 4) is 0 Å². The van der Waals surface area contributed by atoms with E-state index in [1.807, 2.05) is 0 Å². The molecule has 0 aromatic heterocycles. The van der Waals surface area contributed by atoms with Gasteiger partial charge in [-0.05, 0) is 19.9 Å². The lowest BCUT2D eigenvalue weighted by Gasteiger charge is -2.04. The van der Waals surface area contributed by atoms with Gasteiger partial charge in [-0.3, -0.25) is 14.9 Å². The molecule has 0 spiro atoms. The van der Waals surface area contributed by atoms with Crippen molar-refractivity contribution in [2.45, 2.75) is 13.8 Å². The molecule has 0 aliphatic carbocycles. The third kappa shape index (κ3) is 3.88. The first-order chi connectivity index (χ1) is 7.90. The molecule has 0 bridgehead atoms. The third-order valence-electron chi connectivity index (χ3n) is 1.84. The molecule has 5 nitrogen and oxygen atoms in total. The molecule has 1 aromatic rings. The molecule has 17 heavy (non-hydrogen) atoms. The van der Waals surface area contributed by atoms with Crippen molar-refractivity contribution in [3.63, 3.8) is 0 Å². The van der Waals surface area contributed by atoms with Gasteiger partial charge in [0.05, 0.1) is 15.6 Å². The van der Waals surface area contributed by atoms with Crippen molar-refractivity contribution in [1.82, 2.24) is 0 Å². The number of nitrogens with one attached hydrogen (secondary N) is 1. The highest BCUT2D eigenvalue weighted by Crippen LogP contribution is 2.26. The number of non-ortho nitro benzene ring substituents is 1. The number of nitrogens with zero attached hydrogens (tertiary/aromatic N) is 1. The fraction of sp³-hybridized carbons (Fsp3) is 0.182. The Hall–Kier alpha value is -1.88. The van der Waals surface area contributed by atoms with E-state index in [0.29, 0.717) is 5.69 Å². The van der Waals surface area contributed by atoms with Crippen LogP contribution in [0.1, 0.15) is 13.8 Å². The second-order valence-corrected chi connectivity index (χ2v) is 4.04. The number of allylic oxidation sites excluding steroid dienone is 1. The second kappa shape index (κ2) is 5.45. The highest BCUT2D eigenvalue weighted by molar-refractivity contribution is 6.34. The maximum Gasteiger partial charge on any atom is 0.271 e. The smallest absolute Gasteiger partial charge is 0.271 e. The van der Waals surface area contributed by atoms with Gasteiger partial charge in [-0.2, -0.15) is 0 Å². The molecule has 1 amide bonds. The summed E-state index contributed by atoms with van der Waals surface area (Å²) < 4.78 is 0. The number of anilines is 1. The molecule has 1 rings (SSSR count). The summed E-state index contributed by atoms with van der Waals surface area (Å²) in [6, 6.07) is 3.88. The van der Waals surface area contributed by atoms with E-state index in [1.54, 1.807) is 13.8 Å². The van der Waals surface area contributed by atoms with Crippen molar-refractivity contribution in [1.29, 1.82) is 0 Å². The average Bonchev–Trinajstić information content (AvgIpc) is 2.19. The van der Waals surface area contributed by atoms with E-state index in [2.05, 4.69) is 5.32 Å². The highest BCUT2D eigenvalue weighted by Gasteiger charge is 2.10. The second-order valence-electron chi connectivity index (χ2n) is 3.63. The number of benzene rings is 1. The molecule has 0 saturated heterocycles. The van der Waals surface area contributed by atoms with Crippen LogP contribution in [0.3, 0.4) is 0 Å². The largest absolute Gasteiger partial charge is 0.321 e. The van der Waals surface area contributed by atoms with Crippen molar-refractivity contribution >= 4 is 28.9 Å². The van der Waals surface area contributed by atoms with Crippen LogP contribution >= 0.6 is 11.6 Å². The summed E-state index contributed by atoms with van der Waals surface area (Å²) in [6.07, 6.45) is 1.41. The van der Waals surface area contributed by atoms with Crippen molar-refractivity contribution in [2.75, 3.05) is 5.32 Å². The summed E-state index contributed by atoms with van der Waals surface area (Å²) in [5.74, 6) is -0.319. The van der Waals surface area contributed by atoms with Gasteiger partial charge in [-0.1, -0.05) is 17.2 Å². The lowest BCUT2D eigenvalue weighted by atomic mass is 10.2. The van der Waals surface area contributed by atoms with Crippen molar-refractivity contribution in [3.05, 3.63) is 45.0 Å². The van der Waals surface area contributed by atoms with E-state index < -0.39 is 4.92 Å². The fourth-order valence-electron chi connectivity index (χ4n) is 1.15. The molecule has 1 aromatic carbocycles. The van der Waals surface area contributed by atoms with E-state index in [4.69, 9.17) is 11.6 Å². The standard InChI is InChI=1S/C11H11ClN2O3/c1-7(2)5-11(15)13-10-4-3-8(14(16)17)6-9(10)12/h3-6H,1-2H3,(H,13,15). The number of carbonyl (C=O) groups excluding carboxylic acids is 1. The van der Waals surface area contributed by atoms with Gasteiger partial charge < -0.3 is 5.32 Å². The molecular formula is C11H11ClN2O3. The molecule has 1 N–H and O–H groups in total. The van der Waals surface area contributed by atoms with Crippen LogP contribution in [0.5, 0.6) is 0 Å². The molecule has 0 aliphatic rings. The van der Waals surface area contributed by atoms with E-state index in [9.17, 15) is 14.9 Å². The molecule has 90 valence electrons. The number of hydrogen-bond donors (Lipinski definition) is 1.